The van der Waals surface area contributed by atoms with E-state index in [1.165, 1.54) is 32.1 Å². The lowest BCUT2D eigenvalue weighted by atomic mass is 9.83. The van der Waals surface area contributed by atoms with E-state index in [2.05, 4.69) is 15.5 Å². The van der Waals surface area contributed by atoms with Crippen molar-refractivity contribution in [3.8, 4) is 0 Å². The lowest BCUT2D eigenvalue weighted by Crippen LogP contribution is -2.36. The molecule has 128 valence electrons. The summed E-state index contributed by atoms with van der Waals surface area (Å²) < 4.78 is 8.14. The molecule has 4 rings (SSSR count). The first kappa shape index (κ1) is 15.6. The molecule has 2 fully saturated rings. The highest BCUT2D eigenvalue weighted by Crippen LogP contribution is 2.41. The minimum absolute atomic E-state index is 0.0711. The van der Waals surface area contributed by atoms with Gasteiger partial charge in [-0.05, 0) is 44.7 Å². The molecular formula is C18H24N4O2. The number of hydrogen-bond acceptors (Lipinski definition) is 4. The van der Waals surface area contributed by atoms with E-state index in [1.54, 1.807) is 12.3 Å². The van der Waals surface area contributed by atoms with Crippen LogP contribution in [0.5, 0.6) is 0 Å². The van der Waals surface area contributed by atoms with Crippen LogP contribution in [0, 0.1) is 6.92 Å². The van der Waals surface area contributed by atoms with Gasteiger partial charge in [-0.1, -0.05) is 19.3 Å². The van der Waals surface area contributed by atoms with Gasteiger partial charge in [0.05, 0.1) is 17.3 Å². The number of aryl methyl sites for hydroxylation is 1. The monoisotopic (exact) mass is 328 g/mol. The summed E-state index contributed by atoms with van der Waals surface area (Å²) in [6.45, 7) is 2.46. The fourth-order valence-electron chi connectivity index (χ4n) is 4.05. The lowest BCUT2D eigenvalue weighted by Gasteiger charge is -2.33. The predicted molar refractivity (Wildman–Crippen MR) is 90.0 cm³/mol. The average Bonchev–Trinajstić information content (AvgIpc) is 3.17. The van der Waals surface area contributed by atoms with Gasteiger partial charge in [0.25, 0.3) is 5.91 Å². The summed E-state index contributed by atoms with van der Waals surface area (Å²) in [5, 5.41) is 11.1. The van der Waals surface area contributed by atoms with Crippen LogP contribution in [0.15, 0.2) is 18.3 Å². The highest BCUT2D eigenvalue weighted by molar-refractivity contribution is 5.94. The van der Waals surface area contributed by atoms with Crippen molar-refractivity contribution >= 4 is 11.6 Å². The Morgan fingerprint density at radius 1 is 1.29 bits per heavy atom. The van der Waals surface area contributed by atoms with Crippen LogP contribution in [-0.4, -0.2) is 38.8 Å². The molecule has 24 heavy (non-hydrogen) atoms. The normalized spacial score (nSPS) is 23.0. The van der Waals surface area contributed by atoms with Crippen LogP contribution in [0.25, 0.3) is 5.65 Å². The zero-order valence-electron chi connectivity index (χ0n) is 14.1. The molecule has 2 aromatic heterocycles. The van der Waals surface area contributed by atoms with Crippen molar-refractivity contribution in [3.63, 3.8) is 0 Å². The first-order valence-electron chi connectivity index (χ1n) is 8.93. The minimum atomic E-state index is -0.0711. The number of ether oxygens (including phenoxy) is 1. The molecule has 1 amide bonds. The van der Waals surface area contributed by atoms with E-state index in [0.717, 1.165) is 24.3 Å². The maximum Gasteiger partial charge on any atom is 0.252 e. The molecule has 6 heteroatoms. The van der Waals surface area contributed by atoms with Crippen molar-refractivity contribution in [2.45, 2.75) is 63.6 Å². The number of pyridine rings is 1. The molecule has 1 saturated carbocycles. The standard InChI is InChI=1S/C18H24N4O2/c1-13-20-21-16-6-5-14(12-22(13)16)17(23)19-11-15-7-10-18(24-15)8-3-2-4-9-18/h5-6,12,15H,2-4,7-11H2,1H3,(H,19,23). The van der Waals surface area contributed by atoms with Crippen LogP contribution in [0.4, 0.5) is 0 Å². The summed E-state index contributed by atoms with van der Waals surface area (Å²) in [5.41, 5.74) is 1.48. The van der Waals surface area contributed by atoms with Crippen molar-refractivity contribution in [2.24, 2.45) is 0 Å². The number of amides is 1. The molecule has 3 heterocycles. The van der Waals surface area contributed by atoms with Gasteiger partial charge in [0.1, 0.15) is 5.82 Å². The summed E-state index contributed by atoms with van der Waals surface area (Å²) in [6.07, 6.45) is 10.4. The summed E-state index contributed by atoms with van der Waals surface area (Å²) in [6, 6.07) is 3.61. The van der Waals surface area contributed by atoms with Crippen LogP contribution in [0.1, 0.15) is 61.1 Å². The third-order valence-corrected chi connectivity index (χ3v) is 5.43. The number of rotatable bonds is 3. The Labute approximate surface area is 141 Å². The fraction of sp³-hybridized carbons (Fsp3) is 0.611. The maximum absolute atomic E-state index is 12.4. The maximum atomic E-state index is 12.4. The highest BCUT2D eigenvalue weighted by atomic mass is 16.5. The molecule has 0 radical (unpaired) electrons. The zero-order chi connectivity index (χ0) is 16.6. The van der Waals surface area contributed by atoms with Crippen molar-refractivity contribution in [1.82, 2.24) is 19.9 Å². The molecule has 1 atom stereocenters. The fourth-order valence-corrected chi connectivity index (χ4v) is 4.05. The number of hydrogen-bond donors (Lipinski definition) is 1. The topological polar surface area (TPSA) is 68.5 Å². The van der Waals surface area contributed by atoms with Gasteiger partial charge < -0.3 is 10.1 Å². The molecule has 6 nitrogen and oxygen atoms in total. The number of carbonyl (C=O) groups is 1. The quantitative estimate of drug-likeness (QED) is 0.940. The van der Waals surface area contributed by atoms with Gasteiger partial charge in [-0.15, -0.1) is 10.2 Å². The SMILES string of the molecule is Cc1nnc2ccc(C(=O)NCC3CCC4(CCCCC4)O3)cn12. The summed E-state index contributed by atoms with van der Waals surface area (Å²) in [4.78, 5) is 12.4. The van der Waals surface area contributed by atoms with Crippen molar-refractivity contribution in [3.05, 3.63) is 29.7 Å². The van der Waals surface area contributed by atoms with E-state index in [-0.39, 0.29) is 17.6 Å². The molecule has 1 saturated heterocycles. The van der Waals surface area contributed by atoms with E-state index < -0.39 is 0 Å². The van der Waals surface area contributed by atoms with E-state index in [1.807, 2.05) is 17.4 Å². The Morgan fingerprint density at radius 2 is 2.12 bits per heavy atom. The Hall–Kier alpha value is -1.95. The van der Waals surface area contributed by atoms with Crippen LogP contribution < -0.4 is 5.32 Å². The van der Waals surface area contributed by atoms with Crippen LogP contribution >= 0.6 is 0 Å². The van der Waals surface area contributed by atoms with Crippen molar-refractivity contribution < 1.29 is 9.53 Å². The van der Waals surface area contributed by atoms with Gasteiger partial charge in [0.15, 0.2) is 5.65 Å². The predicted octanol–water partition coefficient (Wildman–Crippen LogP) is 2.65. The number of carbonyl (C=O) groups excluding carboxylic acids is 1. The molecule has 1 aliphatic carbocycles. The van der Waals surface area contributed by atoms with E-state index in [0.29, 0.717) is 12.1 Å². The van der Waals surface area contributed by atoms with Crippen LogP contribution in [0.2, 0.25) is 0 Å². The van der Waals surface area contributed by atoms with Gasteiger partial charge in [0.2, 0.25) is 0 Å². The Balaban J connectivity index is 1.37. The second-order valence-corrected chi connectivity index (χ2v) is 7.13. The molecule has 1 unspecified atom stereocenters. The largest absolute Gasteiger partial charge is 0.370 e. The minimum Gasteiger partial charge on any atom is -0.370 e. The molecule has 2 aliphatic rings. The Morgan fingerprint density at radius 3 is 2.96 bits per heavy atom. The summed E-state index contributed by atoms with van der Waals surface area (Å²) in [5.74, 6) is 0.705. The van der Waals surface area contributed by atoms with E-state index >= 15 is 0 Å². The second-order valence-electron chi connectivity index (χ2n) is 7.13. The third-order valence-electron chi connectivity index (χ3n) is 5.43. The first-order chi connectivity index (χ1) is 11.7. The highest BCUT2D eigenvalue weighted by Gasteiger charge is 2.40. The average molecular weight is 328 g/mol. The lowest BCUT2D eigenvalue weighted by molar-refractivity contribution is -0.0618. The third kappa shape index (κ3) is 2.90. The van der Waals surface area contributed by atoms with Crippen LogP contribution in [-0.2, 0) is 4.74 Å². The van der Waals surface area contributed by atoms with E-state index in [4.69, 9.17) is 4.74 Å². The van der Waals surface area contributed by atoms with Gasteiger partial charge in [-0.25, -0.2) is 0 Å². The molecular weight excluding hydrogens is 304 g/mol. The number of nitrogens with one attached hydrogen (secondary N) is 1. The molecule has 0 bridgehead atoms. The number of aromatic nitrogens is 3. The van der Waals surface area contributed by atoms with E-state index in [9.17, 15) is 4.79 Å². The van der Waals surface area contributed by atoms with Gasteiger partial charge >= 0.3 is 0 Å². The van der Waals surface area contributed by atoms with Crippen LogP contribution in [0.3, 0.4) is 0 Å². The Bertz CT molecular complexity index is 749. The molecule has 1 aliphatic heterocycles. The summed E-state index contributed by atoms with van der Waals surface area (Å²) in [7, 11) is 0. The molecule has 2 aromatic rings. The van der Waals surface area contributed by atoms with Gasteiger partial charge in [-0.3, -0.25) is 9.20 Å². The smallest absolute Gasteiger partial charge is 0.252 e. The molecule has 0 aromatic carbocycles. The summed E-state index contributed by atoms with van der Waals surface area (Å²) >= 11 is 0. The van der Waals surface area contributed by atoms with Crippen molar-refractivity contribution in [1.29, 1.82) is 0 Å². The van der Waals surface area contributed by atoms with Gasteiger partial charge in [-0.2, -0.15) is 0 Å². The molecule has 1 N–H and O–H groups in total. The van der Waals surface area contributed by atoms with Gasteiger partial charge in [0, 0.05) is 12.7 Å². The number of nitrogens with zero attached hydrogens (tertiary/aromatic N) is 3. The zero-order valence-corrected chi connectivity index (χ0v) is 14.1. The van der Waals surface area contributed by atoms with Crippen molar-refractivity contribution in [2.75, 3.05) is 6.54 Å². The number of fused-ring (bicyclic) bond motifs is 1. The molecule has 1 spiro atoms. The second kappa shape index (κ2) is 6.16. The first-order valence-corrected chi connectivity index (χ1v) is 8.93. The Kier molecular flexibility index (Phi) is 4.00.